The van der Waals surface area contributed by atoms with Crippen molar-refractivity contribution in [1.29, 1.82) is 0 Å². The van der Waals surface area contributed by atoms with Gasteiger partial charge in [-0.25, -0.2) is 15.1 Å². The van der Waals surface area contributed by atoms with Gasteiger partial charge in [-0.15, -0.1) is 0 Å². The molecule has 0 aromatic heterocycles. The fourth-order valence-electron chi connectivity index (χ4n) is 3.33. The van der Waals surface area contributed by atoms with E-state index in [4.69, 9.17) is 5.11 Å². The van der Waals surface area contributed by atoms with E-state index in [-0.39, 0.29) is 16.9 Å². The van der Waals surface area contributed by atoms with Crippen molar-refractivity contribution in [3.63, 3.8) is 0 Å². The quantitative estimate of drug-likeness (QED) is 0.682. The normalized spacial score (nSPS) is 21.7. The highest BCUT2D eigenvalue weighted by atomic mass is 16.7. The molecule has 1 rings (SSSR count). The third-order valence-electron chi connectivity index (χ3n) is 3.25. The summed E-state index contributed by atoms with van der Waals surface area (Å²) in [4.78, 5) is 26.4. The van der Waals surface area contributed by atoms with Crippen LogP contribution in [0.25, 0.3) is 0 Å². The number of carboxylic acid groups (broad SMARTS) is 1. The fourth-order valence-corrected chi connectivity index (χ4v) is 3.33. The third kappa shape index (κ3) is 5.92. The SMILES string of the molecule is CC1(C)CC(NC(=O)NOCC(=O)O)CC(C)(C)C1. The molecule has 6 nitrogen and oxygen atoms in total. The number of hydrogen-bond donors (Lipinski definition) is 3. The smallest absolute Gasteiger partial charge is 0.338 e. The van der Waals surface area contributed by atoms with Crippen LogP contribution in [0.1, 0.15) is 47.0 Å². The van der Waals surface area contributed by atoms with Crippen LogP contribution in [0.4, 0.5) is 4.79 Å². The van der Waals surface area contributed by atoms with Crippen molar-refractivity contribution in [2.45, 2.75) is 53.0 Å². The van der Waals surface area contributed by atoms with Crippen LogP contribution in [0.2, 0.25) is 0 Å². The zero-order valence-corrected chi connectivity index (χ0v) is 12.1. The van der Waals surface area contributed by atoms with Crippen LogP contribution in [-0.2, 0) is 9.63 Å². The Bertz CT molecular complexity index is 337. The zero-order valence-electron chi connectivity index (χ0n) is 12.1. The Morgan fingerprint density at radius 2 is 1.74 bits per heavy atom. The standard InChI is InChI=1S/C13H24N2O4/c1-12(2)5-9(6-13(3,4)8-12)14-11(18)15-19-7-10(16)17/h9H,5-8H2,1-4H3,(H,16,17)(H2,14,15,18). The van der Waals surface area contributed by atoms with Gasteiger partial charge < -0.3 is 10.4 Å². The van der Waals surface area contributed by atoms with Crippen molar-refractivity contribution >= 4 is 12.0 Å². The van der Waals surface area contributed by atoms with Crippen LogP contribution in [0.5, 0.6) is 0 Å². The van der Waals surface area contributed by atoms with Gasteiger partial charge in [0.05, 0.1) is 0 Å². The average Bonchev–Trinajstić information content (AvgIpc) is 2.10. The highest BCUT2D eigenvalue weighted by Crippen LogP contribution is 2.45. The van der Waals surface area contributed by atoms with Crippen molar-refractivity contribution in [2.75, 3.05) is 6.61 Å². The second kappa shape index (κ2) is 5.77. The van der Waals surface area contributed by atoms with E-state index >= 15 is 0 Å². The number of hydroxylamine groups is 1. The Balaban J connectivity index is 2.43. The Labute approximate surface area is 113 Å². The lowest BCUT2D eigenvalue weighted by Gasteiger charge is -2.45. The molecule has 0 heterocycles. The number of hydrogen-bond acceptors (Lipinski definition) is 3. The molecule has 1 aliphatic carbocycles. The van der Waals surface area contributed by atoms with Gasteiger partial charge in [0.2, 0.25) is 0 Å². The minimum absolute atomic E-state index is 0.0761. The van der Waals surface area contributed by atoms with Gasteiger partial charge in [-0.05, 0) is 30.1 Å². The summed E-state index contributed by atoms with van der Waals surface area (Å²) < 4.78 is 0. The molecule has 2 amide bonds. The topological polar surface area (TPSA) is 87.7 Å². The van der Waals surface area contributed by atoms with Crippen molar-refractivity contribution in [1.82, 2.24) is 10.8 Å². The summed E-state index contributed by atoms with van der Waals surface area (Å²) >= 11 is 0. The van der Waals surface area contributed by atoms with Gasteiger partial charge in [0.25, 0.3) is 0 Å². The highest BCUT2D eigenvalue weighted by Gasteiger charge is 2.38. The number of amides is 2. The van der Waals surface area contributed by atoms with Crippen LogP contribution < -0.4 is 10.8 Å². The van der Waals surface area contributed by atoms with Crippen LogP contribution >= 0.6 is 0 Å². The van der Waals surface area contributed by atoms with E-state index in [1.807, 2.05) is 0 Å². The van der Waals surface area contributed by atoms with Gasteiger partial charge in [-0.3, -0.25) is 4.84 Å². The first kappa shape index (κ1) is 15.8. The molecule has 110 valence electrons. The number of aliphatic carboxylic acids is 1. The molecule has 0 aliphatic heterocycles. The summed E-state index contributed by atoms with van der Waals surface area (Å²) in [7, 11) is 0. The van der Waals surface area contributed by atoms with Crippen molar-refractivity contribution in [3.05, 3.63) is 0 Å². The van der Waals surface area contributed by atoms with Gasteiger partial charge in [-0.2, -0.15) is 0 Å². The molecule has 3 N–H and O–H groups in total. The molecule has 0 aromatic rings. The molecule has 1 fully saturated rings. The van der Waals surface area contributed by atoms with E-state index in [1.54, 1.807) is 0 Å². The Morgan fingerprint density at radius 3 is 2.21 bits per heavy atom. The second-order valence-corrected chi connectivity index (χ2v) is 6.87. The molecule has 0 unspecified atom stereocenters. The Kier molecular flexibility index (Phi) is 4.79. The van der Waals surface area contributed by atoms with E-state index in [0.29, 0.717) is 0 Å². The van der Waals surface area contributed by atoms with Crippen molar-refractivity contribution < 1.29 is 19.5 Å². The third-order valence-corrected chi connectivity index (χ3v) is 3.25. The Hall–Kier alpha value is -1.30. The fraction of sp³-hybridized carbons (Fsp3) is 0.846. The summed E-state index contributed by atoms with van der Waals surface area (Å²) in [6.07, 6.45) is 2.93. The highest BCUT2D eigenvalue weighted by molar-refractivity contribution is 5.73. The molecule has 0 radical (unpaired) electrons. The summed E-state index contributed by atoms with van der Waals surface area (Å²) in [5.74, 6) is -1.12. The lowest BCUT2D eigenvalue weighted by atomic mass is 9.63. The Morgan fingerprint density at radius 1 is 1.21 bits per heavy atom. The first-order valence-electron chi connectivity index (χ1n) is 6.50. The summed E-state index contributed by atoms with van der Waals surface area (Å²) in [6.45, 7) is 8.24. The summed E-state index contributed by atoms with van der Waals surface area (Å²) in [5.41, 5.74) is 2.45. The van der Waals surface area contributed by atoms with Crippen LogP contribution in [0, 0.1) is 10.8 Å². The van der Waals surface area contributed by atoms with Gasteiger partial charge in [0.1, 0.15) is 0 Å². The summed E-state index contributed by atoms with van der Waals surface area (Å²) in [6, 6.07) is -0.410. The number of carboxylic acids is 1. The molecule has 0 saturated heterocycles. The zero-order chi connectivity index (χ0) is 14.7. The maximum absolute atomic E-state index is 11.6. The average molecular weight is 272 g/mol. The van der Waals surface area contributed by atoms with Crippen molar-refractivity contribution in [2.24, 2.45) is 10.8 Å². The second-order valence-electron chi connectivity index (χ2n) is 6.87. The molecular formula is C13H24N2O4. The van der Waals surface area contributed by atoms with E-state index in [9.17, 15) is 9.59 Å². The van der Waals surface area contributed by atoms with E-state index in [1.165, 1.54) is 0 Å². The molecule has 1 saturated carbocycles. The van der Waals surface area contributed by atoms with Crippen LogP contribution in [0.3, 0.4) is 0 Å². The van der Waals surface area contributed by atoms with Gasteiger partial charge in [-0.1, -0.05) is 27.7 Å². The molecular weight excluding hydrogens is 248 g/mol. The number of nitrogens with one attached hydrogen (secondary N) is 2. The van der Waals surface area contributed by atoms with Gasteiger partial charge >= 0.3 is 12.0 Å². The minimum Gasteiger partial charge on any atom is -0.479 e. The molecule has 6 heteroatoms. The molecule has 0 spiro atoms. The maximum atomic E-state index is 11.6. The predicted molar refractivity (Wildman–Crippen MR) is 70.5 cm³/mol. The lowest BCUT2D eigenvalue weighted by Crippen LogP contribution is -2.49. The van der Waals surface area contributed by atoms with Crippen molar-refractivity contribution in [3.8, 4) is 0 Å². The first-order valence-corrected chi connectivity index (χ1v) is 6.50. The monoisotopic (exact) mass is 272 g/mol. The van der Waals surface area contributed by atoms with E-state index in [2.05, 4.69) is 43.3 Å². The first-order chi connectivity index (χ1) is 8.60. The van der Waals surface area contributed by atoms with E-state index < -0.39 is 18.6 Å². The molecule has 0 atom stereocenters. The minimum atomic E-state index is -1.12. The van der Waals surface area contributed by atoms with E-state index in [0.717, 1.165) is 19.3 Å². The number of carbonyl (C=O) groups is 2. The van der Waals surface area contributed by atoms with Crippen LogP contribution in [0.15, 0.2) is 0 Å². The number of urea groups is 1. The number of carbonyl (C=O) groups excluding carboxylic acids is 1. The lowest BCUT2D eigenvalue weighted by molar-refractivity contribution is -0.144. The largest absolute Gasteiger partial charge is 0.479 e. The molecule has 0 aromatic carbocycles. The van der Waals surface area contributed by atoms with Gasteiger partial charge in [0, 0.05) is 6.04 Å². The molecule has 0 bridgehead atoms. The number of rotatable bonds is 4. The van der Waals surface area contributed by atoms with Crippen LogP contribution in [-0.4, -0.2) is 29.8 Å². The predicted octanol–water partition coefficient (Wildman–Crippen LogP) is 1.91. The maximum Gasteiger partial charge on any atom is 0.338 e. The molecule has 1 aliphatic rings. The van der Waals surface area contributed by atoms with Gasteiger partial charge in [0.15, 0.2) is 6.61 Å². The summed E-state index contributed by atoms with van der Waals surface area (Å²) in [5, 5.41) is 11.2. The molecule has 19 heavy (non-hydrogen) atoms.